The smallest absolute Gasteiger partial charge is 0.336 e. The van der Waals surface area contributed by atoms with Crippen LogP contribution in [0.1, 0.15) is 30.9 Å². The van der Waals surface area contributed by atoms with E-state index in [0.717, 1.165) is 11.3 Å². The van der Waals surface area contributed by atoms with Crippen molar-refractivity contribution in [2.24, 2.45) is 0 Å². The maximum Gasteiger partial charge on any atom is 0.336 e. The van der Waals surface area contributed by atoms with Crippen LogP contribution in [-0.2, 0) is 19.1 Å². The lowest BCUT2D eigenvalue weighted by Crippen LogP contribution is -2.35. The molecule has 0 aliphatic carbocycles. The number of ether oxygens (including phenoxy) is 3. The molecule has 0 saturated carbocycles. The standard InChI is InChI=1S/C25H27NO6/c1-14-8-7-9-18(12-14)26-15(2)21(24(28)31-5)23(22(16(26)3)25(29)32-6)17-10-11-19(27)20(13-17)30-4/h7-13,23,27H,1-6H3. The van der Waals surface area contributed by atoms with E-state index < -0.39 is 17.9 Å². The van der Waals surface area contributed by atoms with Gasteiger partial charge in [0.2, 0.25) is 0 Å². The van der Waals surface area contributed by atoms with Crippen LogP contribution in [0.5, 0.6) is 11.5 Å². The number of phenolic OH excluding ortho intramolecular Hbond substituents is 1. The van der Waals surface area contributed by atoms with Gasteiger partial charge in [0.1, 0.15) is 0 Å². The zero-order valence-electron chi connectivity index (χ0n) is 19.1. The highest BCUT2D eigenvalue weighted by molar-refractivity contribution is 6.01. The van der Waals surface area contributed by atoms with Gasteiger partial charge in [-0.3, -0.25) is 0 Å². The topological polar surface area (TPSA) is 85.3 Å². The Bertz CT molecular complexity index is 1090. The fraction of sp³-hybridized carbons (Fsp3) is 0.280. The van der Waals surface area contributed by atoms with Gasteiger partial charge in [-0.25, -0.2) is 9.59 Å². The van der Waals surface area contributed by atoms with E-state index in [1.165, 1.54) is 27.4 Å². The van der Waals surface area contributed by atoms with Crippen LogP contribution in [-0.4, -0.2) is 38.4 Å². The van der Waals surface area contributed by atoms with E-state index in [4.69, 9.17) is 14.2 Å². The monoisotopic (exact) mass is 437 g/mol. The third-order valence-electron chi connectivity index (χ3n) is 5.64. The van der Waals surface area contributed by atoms with Crippen molar-refractivity contribution in [3.63, 3.8) is 0 Å². The third-order valence-corrected chi connectivity index (χ3v) is 5.64. The summed E-state index contributed by atoms with van der Waals surface area (Å²) in [6, 6.07) is 12.5. The number of carbonyl (C=O) groups is 2. The average Bonchev–Trinajstić information content (AvgIpc) is 2.78. The molecule has 1 heterocycles. The quantitative estimate of drug-likeness (QED) is 0.702. The van der Waals surface area contributed by atoms with E-state index in [2.05, 4.69) is 0 Å². The number of allylic oxidation sites excluding steroid dienone is 2. The summed E-state index contributed by atoms with van der Waals surface area (Å²) in [7, 11) is 4.04. The summed E-state index contributed by atoms with van der Waals surface area (Å²) in [6.07, 6.45) is 0. The molecule has 0 radical (unpaired) electrons. The molecule has 0 aromatic heterocycles. The highest BCUT2D eigenvalue weighted by Crippen LogP contribution is 2.45. The van der Waals surface area contributed by atoms with E-state index in [1.807, 2.05) is 49.9 Å². The SMILES string of the molecule is COC(=O)C1=C(C)N(c2cccc(C)c2)C(C)=C(C(=O)OC)C1c1ccc(O)c(OC)c1. The molecule has 2 aromatic rings. The predicted molar refractivity (Wildman–Crippen MR) is 120 cm³/mol. The molecule has 0 fully saturated rings. The first-order valence-electron chi connectivity index (χ1n) is 10.1. The minimum atomic E-state index is -0.773. The van der Waals surface area contributed by atoms with Crippen molar-refractivity contribution in [1.82, 2.24) is 0 Å². The van der Waals surface area contributed by atoms with Crippen molar-refractivity contribution in [2.45, 2.75) is 26.7 Å². The molecule has 0 saturated heterocycles. The molecule has 0 amide bonds. The maximum absolute atomic E-state index is 13.0. The van der Waals surface area contributed by atoms with Crippen LogP contribution in [0.25, 0.3) is 0 Å². The minimum absolute atomic E-state index is 0.0471. The number of aromatic hydroxyl groups is 1. The lowest BCUT2D eigenvalue weighted by molar-refractivity contribution is -0.137. The largest absolute Gasteiger partial charge is 0.504 e. The van der Waals surface area contributed by atoms with Crippen LogP contribution in [0.4, 0.5) is 5.69 Å². The molecule has 0 atom stereocenters. The first-order chi connectivity index (χ1) is 15.2. The van der Waals surface area contributed by atoms with Crippen LogP contribution in [0.3, 0.4) is 0 Å². The molecular formula is C25H27NO6. The molecule has 0 unspecified atom stereocenters. The van der Waals surface area contributed by atoms with Crippen molar-refractivity contribution >= 4 is 17.6 Å². The van der Waals surface area contributed by atoms with Crippen molar-refractivity contribution in [3.8, 4) is 11.5 Å². The Morgan fingerprint density at radius 1 is 0.875 bits per heavy atom. The van der Waals surface area contributed by atoms with Crippen molar-refractivity contribution in [2.75, 3.05) is 26.2 Å². The van der Waals surface area contributed by atoms with Gasteiger partial charge >= 0.3 is 11.9 Å². The van der Waals surface area contributed by atoms with E-state index in [9.17, 15) is 14.7 Å². The molecule has 1 N–H and O–H groups in total. The average molecular weight is 437 g/mol. The summed E-state index contributed by atoms with van der Waals surface area (Å²) >= 11 is 0. The molecule has 2 aromatic carbocycles. The van der Waals surface area contributed by atoms with Gasteiger partial charge in [-0.1, -0.05) is 18.2 Å². The zero-order valence-corrected chi connectivity index (χ0v) is 19.1. The van der Waals surface area contributed by atoms with Crippen molar-refractivity contribution in [1.29, 1.82) is 0 Å². The molecule has 7 heteroatoms. The van der Waals surface area contributed by atoms with Gasteiger partial charge in [0, 0.05) is 17.1 Å². The van der Waals surface area contributed by atoms with Crippen molar-refractivity contribution in [3.05, 3.63) is 76.1 Å². The summed E-state index contributed by atoms with van der Waals surface area (Å²) < 4.78 is 15.5. The molecular weight excluding hydrogens is 410 g/mol. The highest BCUT2D eigenvalue weighted by atomic mass is 16.5. The Kier molecular flexibility index (Phi) is 6.58. The minimum Gasteiger partial charge on any atom is -0.504 e. The van der Waals surface area contributed by atoms with Gasteiger partial charge in [0.15, 0.2) is 11.5 Å². The Balaban J connectivity index is 2.36. The third kappa shape index (κ3) is 3.93. The Labute approximate surface area is 187 Å². The lowest BCUT2D eigenvalue weighted by Gasteiger charge is -2.38. The van der Waals surface area contributed by atoms with Gasteiger partial charge in [-0.2, -0.15) is 0 Å². The molecule has 32 heavy (non-hydrogen) atoms. The zero-order chi connectivity index (χ0) is 23.6. The number of nitrogens with zero attached hydrogens (tertiary/aromatic N) is 1. The van der Waals surface area contributed by atoms with Crippen LogP contribution < -0.4 is 9.64 Å². The first kappa shape index (κ1) is 22.9. The van der Waals surface area contributed by atoms with E-state index in [1.54, 1.807) is 12.1 Å². The summed E-state index contributed by atoms with van der Waals surface area (Å²) in [5.74, 6) is -1.72. The number of rotatable bonds is 5. The van der Waals surface area contributed by atoms with Crippen LogP contribution in [0.2, 0.25) is 0 Å². The second-order valence-corrected chi connectivity index (χ2v) is 7.52. The Morgan fingerprint density at radius 2 is 1.47 bits per heavy atom. The number of methoxy groups -OCH3 is 3. The fourth-order valence-corrected chi connectivity index (χ4v) is 4.17. The number of hydrogen-bond donors (Lipinski definition) is 1. The Morgan fingerprint density at radius 3 is 1.97 bits per heavy atom. The number of esters is 2. The van der Waals surface area contributed by atoms with Crippen LogP contribution in [0, 0.1) is 6.92 Å². The van der Waals surface area contributed by atoms with Gasteiger partial charge in [-0.05, 0) is 56.2 Å². The first-order valence-corrected chi connectivity index (χ1v) is 10.1. The van der Waals surface area contributed by atoms with Crippen molar-refractivity contribution < 1.29 is 28.9 Å². The molecule has 0 spiro atoms. The number of carbonyl (C=O) groups excluding carboxylic acids is 2. The fourth-order valence-electron chi connectivity index (χ4n) is 4.17. The van der Waals surface area contributed by atoms with E-state index >= 15 is 0 Å². The number of anilines is 1. The summed E-state index contributed by atoms with van der Waals surface area (Å²) in [4.78, 5) is 27.9. The van der Waals surface area contributed by atoms with Crippen LogP contribution >= 0.6 is 0 Å². The number of benzene rings is 2. The number of aryl methyl sites for hydroxylation is 1. The molecule has 0 bridgehead atoms. The normalized spacial score (nSPS) is 14.5. The summed E-state index contributed by atoms with van der Waals surface area (Å²) in [5.41, 5.74) is 4.29. The van der Waals surface area contributed by atoms with Crippen LogP contribution in [0.15, 0.2) is 65.0 Å². The Hall–Kier alpha value is -3.74. The molecule has 1 aliphatic heterocycles. The van der Waals surface area contributed by atoms with Gasteiger partial charge in [0.05, 0.1) is 38.4 Å². The van der Waals surface area contributed by atoms with E-state index in [-0.39, 0.29) is 11.5 Å². The maximum atomic E-state index is 13.0. The second-order valence-electron chi connectivity index (χ2n) is 7.52. The molecule has 1 aliphatic rings. The lowest BCUT2D eigenvalue weighted by atomic mass is 9.79. The molecule has 3 rings (SSSR count). The summed E-state index contributed by atoms with van der Waals surface area (Å²) in [5, 5.41) is 10.1. The van der Waals surface area contributed by atoms with E-state index in [0.29, 0.717) is 28.1 Å². The van der Waals surface area contributed by atoms with Gasteiger partial charge < -0.3 is 24.2 Å². The number of phenols is 1. The van der Waals surface area contributed by atoms with Gasteiger partial charge in [0.25, 0.3) is 0 Å². The highest BCUT2D eigenvalue weighted by Gasteiger charge is 2.41. The summed E-state index contributed by atoms with van der Waals surface area (Å²) in [6.45, 7) is 5.60. The number of hydrogen-bond acceptors (Lipinski definition) is 7. The predicted octanol–water partition coefficient (Wildman–Crippen LogP) is 4.21. The second kappa shape index (κ2) is 9.18. The molecule has 168 valence electrons. The van der Waals surface area contributed by atoms with Gasteiger partial charge in [-0.15, -0.1) is 0 Å². The molecule has 7 nitrogen and oxygen atoms in total.